The minimum absolute atomic E-state index is 0.0662. The summed E-state index contributed by atoms with van der Waals surface area (Å²) in [6, 6.07) is 9.73. The van der Waals surface area contributed by atoms with Gasteiger partial charge in [0.25, 0.3) is 0 Å². The lowest BCUT2D eigenvalue weighted by Crippen LogP contribution is -2.61. The highest BCUT2D eigenvalue weighted by Crippen LogP contribution is 2.40. The van der Waals surface area contributed by atoms with Crippen molar-refractivity contribution in [3.8, 4) is 17.2 Å². The van der Waals surface area contributed by atoms with Gasteiger partial charge in [-0.15, -0.1) is 0 Å². The molecule has 1 aliphatic rings. The van der Waals surface area contributed by atoms with Crippen LogP contribution in [0.4, 0.5) is 13.2 Å². The lowest BCUT2D eigenvalue weighted by atomic mass is 9.88. The van der Waals surface area contributed by atoms with Crippen LogP contribution in [-0.2, 0) is 31.8 Å². The van der Waals surface area contributed by atoms with E-state index in [1.807, 2.05) is 0 Å². The molecule has 11 heteroatoms. The molecule has 0 saturated carbocycles. The molecule has 1 fully saturated rings. The fraction of sp³-hybridized carbons (Fsp3) is 0.417. The number of alkyl halides is 3. The number of amides is 2. The van der Waals surface area contributed by atoms with Gasteiger partial charge in [-0.1, -0.05) is 12.1 Å². The molecule has 2 amide bonds. The molecule has 2 aromatic rings. The summed E-state index contributed by atoms with van der Waals surface area (Å²) in [5.41, 5.74) is -1.36. The maximum absolute atomic E-state index is 13.4. The number of nitrogens with one attached hydrogen (secondary N) is 2. The van der Waals surface area contributed by atoms with Crippen LogP contribution in [0.1, 0.15) is 24.0 Å². The van der Waals surface area contributed by atoms with Crippen LogP contribution < -0.4 is 20.1 Å². The van der Waals surface area contributed by atoms with E-state index in [0.717, 1.165) is 6.07 Å². The van der Waals surface area contributed by atoms with Crippen LogP contribution in [0.3, 0.4) is 0 Å². The molecule has 35 heavy (non-hydrogen) atoms. The van der Waals surface area contributed by atoms with Gasteiger partial charge < -0.3 is 29.6 Å². The Morgan fingerprint density at radius 2 is 1.69 bits per heavy atom. The monoisotopic (exact) mass is 496 g/mol. The molecule has 3 rings (SSSR count). The van der Waals surface area contributed by atoms with Crippen LogP contribution in [0.5, 0.6) is 17.2 Å². The molecular formula is C24H27F3N2O6. The first-order chi connectivity index (χ1) is 16.7. The number of methoxy groups -OCH3 is 2. The summed E-state index contributed by atoms with van der Waals surface area (Å²) in [7, 11) is 2.67. The van der Waals surface area contributed by atoms with Gasteiger partial charge in [-0.3, -0.25) is 9.59 Å². The third-order valence-electron chi connectivity index (χ3n) is 5.53. The van der Waals surface area contributed by atoms with Crippen LogP contribution >= 0.6 is 0 Å². The summed E-state index contributed by atoms with van der Waals surface area (Å²) < 4.78 is 60.7. The summed E-state index contributed by atoms with van der Waals surface area (Å²) in [4.78, 5) is 25.0. The molecular weight excluding hydrogens is 469 g/mol. The molecule has 0 aliphatic carbocycles. The van der Waals surface area contributed by atoms with Gasteiger partial charge in [-0.2, -0.15) is 13.2 Å². The van der Waals surface area contributed by atoms with Crippen LogP contribution in [0.25, 0.3) is 0 Å². The molecule has 1 aliphatic heterocycles. The van der Waals surface area contributed by atoms with E-state index in [-0.39, 0.29) is 36.3 Å². The molecule has 190 valence electrons. The number of hydrogen-bond acceptors (Lipinski definition) is 6. The number of hydrogen-bond donors (Lipinski definition) is 2. The Hall–Kier alpha value is -3.31. The van der Waals surface area contributed by atoms with E-state index in [1.165, 1.54) is 38.5 Å². The second-order valence-corrected chi connectivity index (χ2v) is 7.96. The average molecular weight is 496 g/mol. The number of rotatable bonds is 9. The van der Waals surface area contributed by atoms with Crippen molar-refractivity contribution >= 4 is 11.8 Å². The van der Waals surface area contributed by atoms with Crippen molar-refractivity contribution in [2.45, 2.75) is 31.1 Å². The zero-order valence-electron chi connectivity index (χ0n) is 19.4. The SMILES string of the molecule is COCC(=O)NC1(C(=O)NCc2ccc(Oc3ccc(OC)cc3C(F)(F)F)cc2)CCOCC1. The number of carbonyl (C=O) groups is 2. The van der Waals surface area contributed by atoms with E-state index in [4.69, 9.17) is 18.9 Å². The molecule has 0 bridgehead atoms. The molecule has 0 spiro atoms. The summed E-state index contributed by atoms with van der Waals surface area (Å²) in [6.45, 7) is 0.649. The van der Waals surface area contributed by atoms with Gasteiger partial charge in [0.1, 0.15) is 35.0 Å². The van der Waals surface area contributed by atoms with Gasteiger partial charge >= 0.3 is 6.18 Å². The van der Waals surface area contributed by atoms with E-state index >= 15 is 0 Å². The first-order valence-corrected chi connectivity index (χ1v) is 10.8. The molecule has 8 nitrogen and oxygen atoms in total. The number of halogens is 3. The number of carbonyl (C=O) groups excluding carboxylic acids is 2. The zero-order valence-corrected chi connectivity index (χ0v) is 19.4. The van der Waals surface area contributed by atoms with Crippen molar-refractivity contribution < 1.29 is 41.7 Å². The Morgan fingerprint density at radius 3 is 2.29 bits per heavy atom. The smallest absolute Gasteiger partial charge is 0.420 e. The molecule has 0 unspecified atom stereocenters. The van der Waals surface area contributed by atoms with E-state index in [0.29, 0.717) is 31.6 Å². The Kier molecular flexibility index (Phi) is 8.57. The van der Waals surface area contributed by atoms with Crippen molar-refractivity contribution in [2.24, 2.45) is 0 Å². The first-order valence-electron chi connectivity index (χ1n) is 10.8. The minimum Gasteiger partial charge on any atom is -0.497 e. The molecule has 0 atom stereocenters. The van der Waals surface area contributed by atoms with Gasteiger partial charge in [0.05, 0.1) is 7.11 Å². The Balaban J connectivity index is 1.65. The van der Waals surface area contributed by atoms with Crippen molar-refractivity contribution in [3.05, 3.63) is 53.6 Å². The topological polar surface area (TPSA) is 95.1 Å². The van der Waals surface area contributed by atoms with Crippen molar-refractivity contribution in [1.82, 2.24) is 10.6 Å². The van der Waals surface area contributed by atoms with Gasteiger partial charge in [-0.25, -0.2) is 0 Å². The van der Waals surface area contributed by atoms with Gasteiger partial charge in [0.2, 0.25) is 11.8 Å². The fourth-order valence-electron chi connectivity index (χ4n) is 3.66. The Bertz CT molecular complexity index is 1020. The highest BCUT2D eigenvalue weighted by molar-refractivity contribution is 5.92. The summed E-state index contributed by atoms with van der Waals surface area (Å²) in [6.07, 6.45) is -3.97. The molecule has 0 aromatic heterocycles. The van der Waals surface area contributed by atoms with Crippen LogP contribution in [0.2, 0.25) is 0 Å². The van der Waals surface area contributed by atoms with Crippen LogP contribution in [0.15, 0.2) is 42.5 Å². The number of ether oxygens (including phenoxy) is 4. The summed E-state index contributed by atoms with van der Waals surface area (Å²) >= 11 is 0. The minimum atomic E-state index is -4.62. The van der Waals surface area contributed by atoms with Crippen LogP contribution in [0, 0.1) is 0 Å². The highest BCUT2D eigenvalue weighted by Gasteiger charge is 2.41. The Morgan fingerprint density at radius 1 is 1.03 bits per heavy atom. The fourth-order valence-corrected chi connectivity index (χ4v) is 3.66. The van der Waals surface area contributed by atoms with Crippen molar-refractivity contribution in [3.63, 3.8) is 0 Å². The van der Waals surface area contributed by atoms with Crippen molar-refractivity contribution in [2.75, 3.05) is 34.0 Å². The van der Waals surface area contributed by atoms with Crippen molar-refractivity contribution in [1.29, 1.82) is 0 Å². The molecule has 0 radical (unpaired) electrons. The summed E-state index contributed by atoms with van der Waals surface area (Å²) in [5.74, 6) is -0.839. The van der Waals surface area contributed by atoms with Gasteiger partial charge in [0, 0.05) is 39.7 Å². The average Bonchev–Trinajstić information content (AvgIpc) is 2.83. The zero-order chi connectivity index (χ0) is 25.5. The number of benzene rings is 2. The molecule has 1 saturated heterocycles. The predicted octanol–water partition coefficient (Wildman–Crippen LogP) is 3.43. The largest absolute Gasteiger partial charge is 0.497 e. The highest BCUT2D eigenvalue weighted by atomic mass is 19.4. The maximum atomic E-state index is 13.4. The quantitative estimate of drug-likeness (QED) is 0.553. The van der Waals surface area contributed by atoms with E-state index in [1.54, 1.807) is 12.1 Å². The van der Waals surface area contributed by atoms with E-state index < -0.39 is 23.2 Å². The second-order valence-electron chi connectivity index (χ2n) is 7.96. The third kappa shape index (κ3) is 6.86. The normalized spacial score (nSPS) is 15.2. The Labute approximate surface area is 200 Å². The third-order valence-corrected chi connectivity index (χ3v) is 5.53. The molecule has 2 N–H and O–H groups in total. The van der Waals surface area contributed by atoms with Crippen LogP contribution in [-0.4, -0.2) is 51.4 Å². The predicted molar refractivity (Wildman–Crippen MR) is 119 cm³/mol. The van der Waals surface area contributed by atoms with Gasteiger partial charge in [-0.05, 0) is 35.9 Å². The molecule has 1 heterocycles. The lowest BCUT2D eigenvalue weighted by molar-refractivity contribution is -0.139. The van der Waals surface area contributed by atoms with E-state index in [9.17, 15) is 22.8 Å². The van der Waals surface area contributed by atoms with Gasteiger partial charge in [0.15, 0.2) is 0 Å². The first kappa shape index (κ1) is 26.3. The van der Waals surface area contributed by atoms with E-state index in [2.05, 4.69) is 10.6 Å². The summed E-state index contributed by atoms with van der Waals surface area (Å²) in [5, 5.41) is 5.57. The standard InChI is InChI=1S/C24H27F3N2O6/c1-32-15-21(30)29-23(9-11-34-12-10-23)22(31)28-14-16-3-5-17(6-4-16)35-20-8-7-18(33-2)13-19(20)24(25,26)27/h3-8,13H,9-12,14-15H2,1-2H3,(H,28,31)(H,29,30). The lowest BCUT2D eigenvalue weighted by Gasteiger charge is -2.36. The second kappa shape index (κ2) is 11.4. The maximum Gasteiger partial charge on any atom is 0.420 e. The molecule has 2 aromatic carbocycles.